The molecule has 1 saturated heterocycles. The lowest BCUT2D eigenvalue weighted by molar-refractivity contribution is -0.132. The molecule has 0 bridgehead atoms. The van der Waals surface area contributed by atoms with E-state index in [9.17, 15) is 4.79 Å². The molecule has 2 heterocycles. The second kappa shape index (κ2) is 5.87. The SMILES string of the molecule is CC1CCCC(CN)N1C(=O)C=Cc1ccco1. The number of nitrogens with two attached hydrogens (primary N) is 1. The van der Waals surface area contributed by atoms with Crippen molar-refractivity contribution in [2.45, 2.75) is 38.3 Å². The van der Waals surface area contributed by atoms with Gasteiger partial charge in [0.25, 0.3) is 0 Å². The van der Waals surface area contributed by atoms with E-state index in [-0.39, 0.29) is 18.0 Å². The highest BCUT2D eigenvalue weighted by atomic mass is 16.3. The van der Waals surface area contributed by atoms with Gasteiger partial charge >= 0.3 is 0 Å². The van der Waals surface area contributed by atoms with Crippen LogP contribution in [-0.2, 0) is 4.79 Å². The summed E-state index contributed by atoms with van der Waals surface area (Å²) in [6, 6.07) is 4.06. The van der Waals surface area contributed by atoms with Crippen LogP contribution in [-0.4, -0.2) is 29.4 Å². The first kappa shape index (κ1) is 12.9. The highest BCUT2D eigenvalue weighted by Crippen LogP contribution is 2.22. The van der Waals surface area contributed by atoms with Gasteiger partial charge in [0.15, 0.2) is 0 Å². The van der Waals surface area contributed by atoms with Crippen LogP contribution in [0.15, 0.2) is 28.9 Å². The highest BCUT2D eigenvalue weighted by molar-refractivity contribution is 5.92. The van der Waals surface area contributed by atoms with E-state index in [1.807, 2.05) is 11.0 Å². The minimum atomic E-state index is 0.0223. The first-order chi connectivity index (χ1) is 8.72. The van der Waals surface area contributed by atoms with Crippen molar-refractivity contribution < 1.29 is 9.21 Å². The van der Waals surface area contributed by atoms with Crippen LogP contribution in [0.1, 0.15) is 31.9 Å². The number of carbonyl (C=O) groups is 1. The summed E-state index contributed by atoms with van der Waals surface area (Å²) in [6.45, 7) is 2.62. The molecule has 4 heteroatoms. The van der Waals surface area contributed by atoms with Crippen LogP contribution in [0.5, 0.6) is 0 Å². The van der Waals surface area contributed by atoms with Crippen LogP contribution in [0, 0.1) is 0 Å². The number of rotatable bonds is 3. The molecule has 1 aromatic heterocycles. The molecular formula is C14H20N2O2. The Morgan fingerprint density at radius 3 is 3.11 bits per heavy atom. The average molecular weight is 248 g/mol. The Morgan fingerprint density at radius 1 is 1.61 bits per heavy atom. The van der Waals surface area contributed by atoms with Gasteiger partial charge in [0.1, 0.15) is 5.76 Å². The Balaban J connectivity index is 2.06. The van der Waals surface area contributed by atoms with Crippen molar-refractivity contribution in [3.8, 4) is 0 Å². The van der Waals surface area contributed by atoms with Crippen molar-refractivity contribution in [3.63, 3.8) is 0 Å². The molecule has 0 radical (unpaired) electrons. The molecule has 0 aromatic carbocycles. The Bertz CT molecular complexity index is 411. The van der Waals surface area contributed by atoms with Crippen molar-refractivity contribution in [2.24, 2.45) is 5.73 Å². The number of nitrogens with zero attached hydrogens (tertiary/aromatic N) is 1. The Hall–Kier alpha value is -1.55. The molecule has 2 atom stereocenters. The lowest BCUT2D eigenvalue weighted by atomic mass is 9.96. The number of furan rings is 1. The molecule has 1 aliphatic rings. The Labute approximate surface area is 107 Å². The molecule has 1 aromatic rings. The third-order valence-electron chi connectivity index (χ3n) is 3.49. The monoisotopic (exact) mass is 248 g/mol. The van der Waals surface area contributed by atoms with Gasteiger partial charge in [-0.2, -0.15) is 0 Å². The fourth-order valence-electron chi connectivity index (χ4n) is 2.54. The predicted molar refractivity (Wildman–Crippen MR) is 70.7 cm³/mol. The summed E-state index contributed by atoms with van der Waals surface area (Å²) in [6.07, 6.45) is 8.07. The van der Waals surface area contributed by atoms with Gasteiger partial charge in [0.2, 0.25) is 5.91 Å². The van der Waals surface area contributed by atoms with Gasteiger partial charge in [0.05, 0.1) is 6.26 Å². The zero-order chi connectivity index (χ0) is 13.0. The minimum absolute atomic E-state index is 0.0223. The van der Waals surface area contributed by atoms with Gasteiger partial charge in [-0.05, 0) is 44.4 Å². The molecule has 18 heavy (non-hydrogen) atoms. The van der Waals surface area contributed by atoms with Crippen molar-refractivity contribution >= 4 is 12.0 Å². The summed E-state index contributed by atoms with van der Waals surface area (Å²) in [5, 5.41) is 0. The molecule has 98 valence electrons. The Morgan fingerprint density at radius 2 is 2.44 bits per heavy atom. The van der Waals surface area contributed by atoms with Crippen LogP contribution in [0.25, 0.3) is 6.08 Å². The van der Waals surface area contributed by atoms with Crippen LogP contribution in [0.2, 0.25) is 0 Å². The van der Waals surface area contributed by atoms with Gasteiger partial charge in [0, 0.05) is 24.7 Å². The number of amides is 1. The van der Waals surface area contributed by atoms with Crippen LogP contribution in [0.3, 0.4) is 0 Å². The molecule has 2 N–H and O–H groups in total. The topological polar surface area (TPSA) is 59.5 Å². The molecule has 4 nitrogen and oxygen atoms in total. The van der Waals surface area contributed by atoms with E-state index in [4.69, 9.17) is 10.2 Å². The van der Waals surface area contributed by atoms with Crippen LogP contribution >= 0.6 is 0 Å². The quantitative estimate of drug-likeness (QED) is 0.832. The van der Waals surface area contributed by atoms with Crippen LogP contribution < -0.4 is 5.73 Å². The molecule has 0 saturated carbocycles. The summed E-state index contributed by atoms with van der Waals surface area (Å²) in [5.74, 6) is 0.714. The van der Waals surface area contributed by atoms with Gasteiger partial charge < -0.3 is 15.1 Å². The zero-order valence-corrected chi connectivity index (χ0v) is 10.7. The number of piperidine rings is 1. The number of carbonyl (C=O) groups excluding carboxylic acids is 1. The van der Waals surface area contributed by atoms with Crippen molar-refractivity contribution in [2.75, 3.05) is 6.54 Å². The lowest BCUT2D eigenvalue weighted by Crippen LogP contribution is -2.51. The van der Waals surface area contributed by atoms with Gasteiger partial charge in [-0.3, -0.25) is 4.79 Å². The molecule has 1 fully saturated rings. The maximum absolute atomic E-state index is 12.2. The molecule has 0 spiro atoms. The molecule has 1 amide bonds. The molecule has 2 rings (SSSR count). The summed E-state index contributed by atoms with van der Waals surface area (Å²) in [5.41, 5.74) is 5.75. The van der Waals surface area contributed by atoms with Gasteiger partial charge in [-0.1, -0.05) is 0 Å². The Kier molecular flexibility index (Phi) is 4.20. The maximum atomic E-state index is 12.2. The second-order valence-corrected chi connectivity index (χ2v) is 4.76. The standard InChI is InChI=1S/C14H20N2O2/c1-11-4-2-5-12(10-15)16(11)14(17)8-7-13-6-3-9-18-13/h3,6-9,11-12H,2,4-5,10,15H2,1H3. The van der Waals surface area contributed by atoms with E-state index < -0.39 is 0 Å². The van der Waals surface area contributed by atoms with E-state index in [1.165, 1.54) is 0 Å². The predicted octanol–water partition coefficient (Wildman–Crippen LogP) is 2.02. The fraction of sp³-hybridized carbons (Fsp3) is 0.500. The minimum Gasteiger partial charge on any atom is -0.465 e. The number of hydrogen-bond donors (Lipinski definition) is 1. The summed E-state index contributed by atoms with van der Waals surface area (Å²) in [4.78, 5) is 14.1. The van der Waals surface area contributed by atoms with Crippen molar-refractivity contribution in [1.82, 2.24) is 4.90 Å². The van der Waals surface area contributed by atoms with Gasteiger partial charge in [-0.15, -0.1) is 0 Å². The van der Waals surface area contributed by atoms with Crippen molar-refractivity contribution in [1.29, 1.82) is 0 Å². The third-order valence-corrected chi connectivity index (χ3v) is 3.49. The van der Waals surface area contributed by atoms with Gasteiger partial charge in [-0.25, -0.2) is 0 Å². The fourth-order valence-corrected chi connectivity index (χ4v) is 2.54. The molecule has 1 aliphatic heterocycles. The second-order valence-electron chi connectivity index (χ2n) is 4.76. The average Bonchev–Trinajstić information content (AvgIpc) is 2.88. The normalized spacial score (nSPS) is 24.7. The molecule has 2 unspecified atom stereocenters. The molecule has 0 aliphatic carbocycles. The lowest BCUT2D eigenvalue weighted by Gasteiger charge is -2.39. The summed E-state index contributed by atoms with van der Waals surface area (Å²) >= 11 is 0. The summed E-state index contributed by atoms with van der Waals surface area (Å²) in [7, 11) is 0. The number of likely N-dealkylation sites (tertiary alicyclic amines) is 1. The largest absolute Gasteiger partial charge is 0.465 e. The third kappa shape index (κ3) is 2.82. The highest BCUT2D eigenvalue weighted by Gasteiger charge is 2.29. The summed E-state index contributed by atoms with van der Waals surface area (Å²) < 4.78 is 5.17. The first-order valence-electron chi connectivity index (χ1n) is 6.46. The zero-order valence-electron chi connectivity index (χ0n) is 10.7. The smallest absolute Gasteiger partial charge is 0.247 e. The van der Waals surface area contributed by atoms with E-state index >= 15 is 0 Å². The van der Waals surface area contributed by atoms with Crippen molar-refractivity contribution in [3.05, 3.63) is 30.2 Å². The molecular weight excluding hydrogens is 228 g/mol. The van der Waals surface area contributed by atoms with E-state index in [2.05, 4.69) is 6.92 Å². The van der Waals surface area contributed by atoms with E-state index in [1.54, 1.807) is 24.5 Å². The maximum Gasteiger partial charge on any atom is 0.247 e. The first-order valence-corrected chi connectivity index (χ1v) is 6.46. The van der Waals surface area contributed by atoms with E-state index in [0.717, 1.165) is 19.3 Å². The number of hydrogen-bond acceptors (Lipinski definition) is 3. The van der Waals surface area contributed by atoms with Crippen LogP contribution in [0.4, 0.5) is 0 Å². The van der Waals surface area contributed by atoms with E-state index in [0.29, 0.717) is 12.3 Å².